The van der Waals surface area contributed by atoms with Crippen LogP contribution in [0.3, 0.4) is 0 Å². The number of benzene rings is 1. The topological polar surface area (TPSA) is 12.0 Å². The zero-order valence-electron chi connectivity index (χ0n) is 8.81. The van der Waals surface area contributed by atoms with E-state index in [9.17, 15) is 13.2 Å². The van der Waals surface area contributed by atoms with E-state index in [0.717, 1.165) is 9.13 Å². The fraction of sp³-hybridized carbons (Fsp3) is 0.455. The zero-order chi connectivity index (χ0) is 12.2. The highest BCUT2D eigenvalue weighted by Crippen LogP contribution is 2.21. The van der Waals surface area contributed by atoms with Crippen LogP contribution < -0.4 is 5.32 Å². The van der Waals surface area contributed by atoms with Gasteiger partial charge in [0.25, 0.3) is 0 Å². The van der Waals surface area contributed by atoms with Crippen molar-refractivity contribution in [3.63, 3.8) is 0 Å². The third-order valence-electron chi connectivity index (χ3n) is 2.11. The standard InChI is InChI=1S/C11H13F3IN/c1-8(6-11(12,13)14)16-7-9-2-4-10(15)5-3-9/h2-5,8,16H,6-7H2,1H3. The van der Waals surface area contributed by atoms with Crippen molar-refractivity contribution in [3.05, 3.63) is 33.4 Å². The molecule has 1 nitrogen and oxygen atoms in total. The van der Waals surface area contributed by atoms with Gasteiger partial charge < -0.3 is 5.32 Å². The van der Waals surface area contributed by atoms with Crippen molar-refractivity contribution < 1.29 is 13.2 Å². The van der Waals surface area contributed by atoms with Gasteiger partial charge in [0.1, 0.15) is 0 Å². The fourth-order valence-corrected chi connectivity index (χ4v) is 1.67. The minimum atomic E-state index is -4.10. The van der Waals surface area contributed by atoms with Crippen LogP contribution >= 0.6 is 22.6 Å². The molecule has 0 heterocycles. The number of hydrogen-bond acceptors (Lipinski definition) is 1. The van der Waals surface area contributed by atoms with Gasteiger partial charge in [-0.1, -0.05) is 12.1 Å². The molecule has 0 fully saturated rings. The van der Waals surface area contributed by atoms with E-state index in [4.69, 9.17) is 0 Å². The summed E-state index contributed by atoms with van der Waals surface area (Å²) in [6.45, 7) is 2.01. The normalized spacial score (nSPS) is 13.8. The molecule has 0 aromatic heterocycles. The summed E-state index contributed by atoms with van der Waals surface area (Å²) in [6.07, 6.45) is -4.89. The predicted octanol–water partition coefficient (Wildman–Crippen LogP) is 3.72. The summed E-state index contributed by atoms with van der Waals surface area (Å²) in [5.74, 6) is 0. The Morgan fingerprint density at radius 2 is 1.81 bits per heavy atom. The number of alkyl halides is 3. The van der Waals surface area contributed by atoms with E-state index in [1.807, 2.05) is 24.3 Å². The molecule has 0 spiro atoms. The van der Waals surface area contributed by atoms with Crippen molar-refractivity contribution in [2.24, 2.45) is 0 Å². The molecular weight excluding hydrogens is 330 g/mol. The molecule has 0 saturated carbocycles. The van der Waals surface area contributed by atoms with Gasteiger partial charge >= 0.3 is 6.18 Å². The van der Waals surface area contributed by atoms with Crippen molar-refractivity contribution in [1.82, 2.24) is 5.32 Å². The molecule has 16 heavy (non-hydrogen) atoms. The number of hydrogen-bond donors (Lipinski definition) is 1. The lowest BCUT2D eigenvalue weighted by atomic mass is 10.2. The summed E-state index contributed by atoms with van der Waals surface area (Å²) in [5.41, 5.74) is 0.995. The van der Waals surface area contributed by atoms with E-state index in [2.05, 4.69) is 27.9 Å². The molecule has 1 unspecified atom stereocenters. The van der Waals surface area contributed by atoms with Crippen LogP contribution in [0.2, 0.25) is 0 Å². The van der Waals surface area contributed by atoms with Crippen LogP contribution in [0.1, 0.15) is 18.9 Å². The van der Waals surface area contributed by atoms with Gasteiger partial charge in [0.2, 0.25) is 0 Å². The van der Waals surface area contributed by atoms with Crippen LogP contribution in [0.5, 0.6) is 0 Å². The summed E-state index contributed by atoms with van der Waals surface area (Å²) in [5, 5.41) is 2.85. The first-order chi connectivity index (χ1) is 7.37. The maximum atomic E-state index is 12.0. The van der Waals surface area contributed by atoms with Gasteiger partial charge in [-0.2, -0.15) is 13.2 Å². The van der Waals surface area contributed by atoms with Crippen molar-refractivity contribution >= 4 is 22.6 Å². The monoisotopic (exact) mass is 343 g/mol. The van der Waals surface area contributed by atoms with Gasteiger partial charge in [0.05, 0.1) is 6.42 Å². The Morgan fingerprint density at radius 3 is 2.31 bits per heavy atom. The van der Waals surface area contributed by atoms with Gasteiger partial charge in [-0.15, -0.1) is 0 Å². The highest BCUT2D eigenvalue weighted by Gasteiger charge is 2.29. The van der Waals surface area contributed by atoms with Gasteiger partial charge in [-0.25, -0.2) is 0 Å². The molecule has 1 aromatic rings. The number of halogens is 4. The molecule has 0 radical (unpaired) electrons. The summed E-state index contributed by atoms with van der Waals surface area (Å²) < 4.78 is 37.2. The quantitative estimate of drug-likeness (QED) is 0.822. The Bertz CT molecular complexity index is 321. The van der Waals surface area contributed by atoms with E-state index >= 15 is 0 Å². The smallest absolute Gasteiger partial charge is 0.310 e. The molecule has 1 atom stereocenters. The molecule has 1 rings (SSSR count). The third kappa shape index (κ3) is 5.69. The van der Waals surface area contributed by atoms with Crippen molar-refractivity contribution in [1.29, 1.82) is 0 Å². The molecule has 0 bridgehead atoms. The molecule has 1 N–H and O–H groups in total. The Hall–Kier alpha value is -0.300. The second-order valence-electron chi connectivity index (χ2n) is 3.73. The van der Waals surface area contributed by atoms with Gasteiger partial charge in [0.15, 0.2) is 0 Å². The van der Waals surface area contributed by atoms with Crippen molar-refractivity contribution in [3.8, 4) is 0 Å². The van der Waals surface area contributed by atoms with Crippen molar-refractivity contribution in [2.75, 3.05) is 0 Å². The van der Waals surface area contributed by atoms with Crippen LogP contribution in [-0.4, -0.2) is 12.2 Å². The number of rotatable bonds is 4. The minimum absolute atomic E-state index is 0.466. The van der Waals surface area contributed by atoms with Crippen LogP contribution in [0.4, 0.5) is 13.2 Å². The number of nitrogens with one attached hydrogen (secondary N) is 1. The summed E-state index contributed by atoms with van der Waals surface area (Å²) >= 11 is 2.19. The van der Waals surface area contributed by atoms with Crippen LogP contribution in [-0.2, 0) is 6.54 Å². The lowest BCUT2D eigenvalue weighted by Gasteiger charge is -2.15. The molecular formula is C11H13F3IN. The summed E-state index contributed by atoms with van der Waals surface area (Å²) in [4.78, 5) is 0. The third-order valence-corrected chi connectivity index (χ3v) is 2.82. The van der Waals surface area contributed by atoms with E-state index in [1.165, 1.54) is 0 Å². The second kappa shape index (κ2) is 5.86. The highest BCUT2D eigenvalue weighted by atomic mass is 127. The fourth-order valence-electron chi connectivity index (χ4n) is 1.31. The first kappa shape index (κ1) is 13.8. The summed E-state index contributed by atoms with van der Waals surface area (Å²) in [6, 6.07) is 7.14. The largest absolute Gasteiger partial charge is 0.390 e. The van der Waals surface area contributed by atoms with Gasteiger partial charge in [-0.3, -0.25) is 0 Å². The SMILES string of the molecule is CC(CC(F)(F)F)NCc1ccc(I)cc1. The molecule has 1 aromatic carbocycles. The maximum Gasteiger partial charge on any atom is 0.390 e. The Labute approximate surface area is 107 Å². The van der Waals surface area contributed by atoms with Crippen LogP contribution in [0.25, 0.3) is 0 Å². The maximum absolute atomic E-state index is 12.0. The first-order valence-corrected chi connectivity index (χ1v) is 5.99. The Kier molecular flexibility index (Phi) is 5.04. The predicted molar refractivity (Wildman–Crippen MR) is 66.1 cm³/mol. The lowest BCUT2D eigenvalue weighted by Crippen LogP contribution is -2.30. The van der Waals surface area contributed by atoms with E-state index in [1.54, 1.807) is 6.92 Å². The van der Waals surface area contributed by atoms with Crippen LogP contribution in [0, 0.1) is 3.57 Å². The zero-order valence-corrected chi connectivity index (χ0v) is 11.0. The van der Waals surface area contributed by atoms with Crippen molar-refractivity contribution in [2.45, 2.75) is 32.1 Å². The Morgan fingerprint density at radius 1 is 1.25 bits per heavy atom. The summed E-state index contributed by atoms with van der Waals surface area (Å²) in [7, 11) is 0. The highest BCUT2D eigenvalue weighted by molar-refractivity contribution is 14.1. The van der Waals surface area contributed by atoms with Gasteiger partial charge in [0, 0.05) is 16.2 Å². The van der Waals surface area contributed by atoms with E-state index < -0.39 is 18.6 Å². The average Bonchev–Trinajstić information content (AvgIpc) is 2.14. The first-order valence-electron chi connectivity index (χ1n) is 4.91. The lowest BCUT2D eigenvalue weighted by molar-refractivity contribution is -0.139. The molecule has 0 aliphatic carbocycles. The molecule has 5 heteroatoms. The molecule has 0 aliphatic heterocycles. The van der Waals surface area contributed by atoms with Gasteiger partial charge in [-0.05, 0) is 47.2 Å². The van der Waals surface area contributed by atoms with E-state index in [0.29, 0.717) is 6.54 Å². The van der Waals surface area contributed by atoms with Crippen LogP contribution in [0.15, 0.2) is 24.3 Å². The molecule has 0 saturated heterocycles. The van der Waals surface area contributed by atoms with E-state index in [-0.39, 0.29) is 0 Å². The minimum Gasteiger partial charge on any atom is -0.310 e. The second-order valence-corrected chi connectivity index (χ2v) is 4.97. The average molecular weight is 343 g/mol. The molecule has 0 aliphatic rings. The molecule has 90 valence electrons. The molecule has 0 amide bonds. The Balaban J connectivity index is 2.37.